The monoisotopic (exact) mass is 547 g/mol. The molecule has 1 aliphatic rings. The van der Waals surface area contributed by atoms with Gasteiger partial charge in [-0.25, -0.2) is 4.98 Å². The van der Waals surface area contributed by atoms with Crippen molar-refractivity contribution in [2.24, 2.45) is 0 Å². The van der Waals surface area contributed by atoms with Gasteiger partial charge >= 0.3 is 0 Å². The third-order valence-corrected chi connectivity index (χ3v) is 7.56. The van der Waals surface area contributed by atoms with Crippen LogP contribution >= 0.6 is 11.6 Å². The molecule has 0 saturated carbocycles. The maximum Gasteiger partial charge on any atom is 0.254 e. The molecular weight excluding hydrogens is 514 g/mol. The Morgan fingerprint density at radius 3 is 2.62 bits per heavy atom. The summed E-state index contributed by atoms with van der Waals surface area (Å²) in [6.07, 6.45) is 4.55. The van der Waals surface area contributed by atoms with Gasteiger partial charge in [0.25, 0.3) is 5.91 Å². The van der Waals surface area contributed by atoms with Gasteiger partial charge in [-0.2, -0.15) is 5.26 Å². The van der Waals surface area contributed by atoms with Crippen molar-refractivity contribution in [2.45, 2.75) is 39.7 Å². The number of aromatic nitrogens is 2. The van der Waals surface area contributed by atoms with Crippen molar-refractivity contribution in [2.75, 3.05) is 40.4 Å². The van der Waals surface area contributed by atoms with Gasteiger partial charge in [0, 0.05) is 42.5 Å². The van der Waals surface area contributed by atoms with E-state index in [2.05, 4.69) is 41.0 Å². The molecule has 0 radical (unpaired) electrons. The molecule has 3 aromatic rings. The molecule has 0 spiro atoms. The van der Waals surface area contributed by atoms with E-state index in [1.165, 1.54) is 6.20 Å². The van der Waals surface area contributed by atoms with Crippen LogP contribution in [0.5, 0.6) is 11.6 Å². The summed E-state index contributed by atoms with van der Waals surface area (Å²) in [7, 11) is 3.66. The minimum atomic E-state index is -0.305. The molecule has 1 atom stereocenters. The van der Waals surface area contributed by atoms with Gasteiger partial charge in [-0.05, 0) is 63.0 Å². The summed E-state index contributed by atoms with van der Waals surface area (Å²) in [6.45, 7) is 8.71. The summed E-state index contributed by atoms with van der Waals surface area (Å²) in [6, 6.07) is 9.57. The molecule has 8 nitrogen and oxygen atoms in total. The van der Waals surface area contributed by atoms with Gasteiger partial charge in [-0.1, -0.05) is 24.6 Å². The van der Waals surface area contributed by atoms with Crippen LogP contribution < -0.4 is 9.47 Å². The third kappa shape index (κ3) is 6.00. The normalized spacial score (nSPS) is 13.7. The molecule has 3 heterocycles. The first kappa shape index (κ1) is 28.3. The standard InChI is InChI=1S/C30H34ClN5O3/c1-6-35(4)10-8-20-12-23(24-14-29(38-5)34-18-26(24)31)22-9-11-36(30(37)25(22)13-20)19(3)27-15-28(39-7-2)21(16-32)17-33-27/h12-15,17-19H,6-11H2,1-5H3. The number of pyridine rings is 2. The van der Waals surface area contributed by atoms with Gasteiger partial charge in [0.05, 0.1) is 36.7 Å². The SMILES string of the molecule is CCOc1cc(C(C)N2CCc3c(cc(CCN(C)CC)cc3-c3cc(OC)ncc3Cl)C2=O)ncc1C#N. The van der Waals surface area contributed by atoms with E-state index in [9.17, 15) is 10.1 Å². The van der Waals surface area contributed by atoms with E-state index >= 15 is 0 Å². The second-order valence-electron chi connectivity index (χ2n) is 9.60. The van der Waals surface area contributed by atoms with E-state index in [1.807, 2.05) is 30.9 Å². The highest BCUT2D eigenvalue weighted by molar-refractivity contribution is 6.33. The number of carbonyl (C=O) groups is 1. The van der Waals surface area contributed by atoms with E-state index < -0.39 is 0 Å². The summed E-state index contributed by atoms with van der Waals surface area (Å²) in [4.78, 5) is 26.8. The average Bonchev–Trinajstić information content (AvgIpc) is 2.96. The zero-order chi connectivity index (χ0) is 28.1. The van der Waals surface area contributed by atoms with Gasteiger partial charge in [-0.3, -0.25) is 9.78 Å². The fourth-order valence-corrected chi connectivity index (χ4v) is 5.05. The average molecular weight is 548 g/mol. The fraction of sp³-hybridized carbons (Fsp3) is 0.400. The van der Waals surface area contributed by atoms with Crippen LogP contribution in [0.15, 0.2) is 36.7 Å². The lowest BCUT2D eigenvalue weighted by molar-refractivity contribution is 0.0669. The molecule has 9 heteroatoms. The van der Waals surface area contributed by atoms with Crippen molar-refractivity contribution in [3.8, 4) is 28.8 Å². The topological polar surface area (TPSA) is 91.6 Å². The van der Waals surface area contributed by atoms with Gasteiger partial charge in [0.2, 0.25) is 5.88 Å². The smallest absolute Gasteiger partial charge is 0.254 e. The molecule has 39 heavy (non-hydrogen) atoms. The number of methoxy groups -OCH3 is 1. The number of halogens is 1. The Balaban J connectivity index is 1.76. The van der Waals surface area contributed by atoms with E-state index in [1.54, 1.807) is 19.4 Å². The molecule has 2 aromatic heterocycles. The number of nitrogens with zero attached hydrogens (tertiary/aromatic N) is 5. The molecule has 1 aliphatic heterocycles. The number of carbonyl (C=O) groups excluding carboxylic acids is 1. The molecule has 4 rings (SSSR count). The number of hydrogen-bond acceptors (Lipinski definition) is 7. The van der Waals surface area contributed by atoms with Gasteiger partial charge < -0.3 is 19.3 Å². The van der Waals surface area contributed by atoms with E-state index in [0.29, 0.717) is 53.0 Å². The quantitative estimate of drug-likeness (QED) is 0.339. The van der Waals surface area contributed by atoms with E-state index in [-0.39, 0.29) is 11.9 Å². The Hall–Kier alpha value is -3.67. The van der Waals surface area contributed by atoms with Crippen LogP contribution in [0.3, 0.4) is 0 Å². The molecule has 0 bridgehead atoms. The van der Waals surface area contributed by atoms with E-state index in [0.717, 1.165) is 41.8 Å². The highest BCUT2D eigenvalue weighted by Crippen LogP contribution is 2.38. The molecule has 0 fully saturated rings. The van der Waals surface area contributed by atoms with Crippen LogP contribution in [0, 0.1) is 11.3 Å². The van der Waals surface area contributed by atoms with Crippen molar-refractivity contribution >= 4 is 17.5 Å². The first-order valence-corrected chi connectivity index (χ1v) is 13.6. The first-order valence-electron chi connectivity index (χ1n) is 13.2. The molecule has 1 aromatic carbocycles. The zero-order valence-corrected chi connectivity index (χ0v) is 23.9. The van der Waals surface area contributed by atoms with Crippen molar-refractivity contribution in [3.63, 3.8) is 0 Å². The van der Waals surface area contributed by atoms with Gasteiger partial charge in [0.15, 0.2) is 0 Å². The summed E-state index contributed by atoms with van der Waals surface area (Å²) in [5, 5.41) is 9.92. The lowest BCUT2D eigenvalue weighted by Crippen LogP contribution is -2.40. The Kier molecular flexibility index (Phi) is 9.05. The lowest BCUT2D eigenvalue weighted by atomic mass is 9.87. The number of ether oxygens (including phenoxy) is 2. The Morgan fingerprint density at radius 1 is 1.15 bits per heavy atom. The number of likely N-dealkylation sites (N-methyl/N-ethyl adjacent to an activating group) is 1. The third-order valence-electron chi connectivity index (χ3n) is 7.26. The second-order valence-corrected chi connectivity index (χ2v) is 10.0. The van der Waals surface area contributed by atoms with Crippen LogP contribution in [0.2, 0.25) is 5.02 Å². The summed E-state index contributed by atoms with van der Waals surface area (Å²) < 4.78 is 11.0. The van der Waals surface area contributed by atoms with Crippen molar-refractivity contribution < 1.29 is 14.3 Å². The Morgan fingerprint density at radius 2 is 1.92 bits per heavy atom. The first-order chi connectivity index (χ1) is 18.8. The van der Waals surface area contributed by atoms with Crippen LogP contribution in [0.25, 0.3) is 11.1 Å². The summed E-state index contributed by atoms with van der Waals surface area (Å²) in [5.41, 5.74) is 5.49. The highest BCUT2D eigenvalue weighted by Gasteiger charge is 2.32. The number of amides is 1. The van der Waals surface area contributed by atoms with Gasteiger partial charge in [0.1, 0.15) is 17.4 Å². The van der Waals surface area contributed by atoms with Crippen LogP contribution in [-0.4, -0.2) is 66.1 Å². The van der Waals surface area contributed by atoms with Crippen molar-refractivity contribution in [1.82, 2.24) is 19.8 Å². The highest BCUT2D eigenvalue weighted by atomic mass is 35.5. The number of rotatable bonds is 10. The minimum absolute atomic E-state index is 0.0584. The predicted molar refractivity (Wildman–Crippen MR) is 151 cm³/mol. The summed E-state index contributed by atoms with van der Waals surface area (Å²) in [5.74, 6) is 0.887. The molecule has 204 valence electrons. The minimum Gasteiger partial charge on any atom is -0.492 e. The second kappa shape index (κ2) is 12.5. The molecule has 1 amide bonds. The zero-order valence-electron chi connectivity index (χ0n) is 23.1. The van der Waals surface area contributed by atoms with Crippen molar-refractivity contribution in [3.05, 3.63) is 69.6 Å². The Bertz CT molecular complexity index is 1400. The van der Waals surface area contributed by atoms with Crippen LogP contribution in [0.1, 0.15) is 59.6 Å². The fourth-order valence-electron chi connectivity index (χ4n) is 4.85. The van der Waals surface area contributed by atoms with Crippen LogP contribution in [0.4, 0.5) is 0 Å². The number of benzene rings is 1. The summed E-state index contributed by atoms with van der Waals surface area (Å²) >= 11 is 6.63. The molecular formula is C30H34ClN5O3. The maximum absolute atomic E-state index is 14.0. The largest absolute Gasteiger partial charge is 0.492 e. The molecule has 0 aliphatic carbocycles. The molecule has 0 N–H and O–H groups in total. The number of fused-ring (bicyclic) bond motifs is 1. The van der Waals surface area contributed by atoms with Crippen molar-refractivity contribution in [1.29, 1.82) is 5.26 Å². The van der Waals surface area contributed by atoms with Gasteiger partial charge in [-0.15, -0.1) is 0 Å². The van der Waals surface area contributed by atoms with Crippen LogP contribution in [-0.2, 0) is 12.8 Å². The number of hydrogen-bond donors (Lipinski definition) is 0. The number of nitriles is 1. The predicted octanol–water partition coefficient (Wildman–Crippen LogP) is 5.33. The lowest BCUT2D eigenvalue weighted by Gasteiger charge is -2.35. The van der Waals surface area contributed by atoms with E-state index in [4.69, 9.17) is 21.1 Å². The molecule has 0 saturated heterocycles. The Labute approximate surface area is 235 Å². The maximum atomic E-state index is 14.0. The molecule has 1 unspecified atom stereocenters.